The zero-order valence-corrected chi connectivity index (χ0v) is 12.7. The minimum absolute atomic E-state index is 0.0730. The predicted octanol–water partition coefficient (Wildman–Crippen LogP) is 0.101. The van der Waals surface area contributed by atoms with Crippen molar-refractivity contribution in [2.24, 2.45) is 0 Å². The molecule has 0 fully saturated rings. The van der Waals surface area contributed by atoms with Crippen LogP contribution in [0.25, 0.3) is 0 Å². The molecule has 0 unspecified atom stereocenters. The summed E-state index contributed by atoms with van der Waals surface area (Å²) >= 11 is 0. The Bertz CT molecular complexity index is 603. The molecular formula is C12H22N4O3S. The number of fused-ring (bicyclic) bond motifs is 1. The fourth-order valence-corrected chi connectivity index (χ4v) is 3.53. The first-order valence-electron chi connectivity index (χ1n) is 7.17. The smallest absolute Gasteiger partial charge is 0.279 e. The lowest BCUT2D eigenvalue weighted by atomic mass is 10.2. The molecule has 2 heterocycles. The first-order valence-corrected chi connectivity index (χ1v) is 8.82. The van der Waals surface area contributed by atoms with Crippen LogP contribution in [0.5, 0.6) is 0 Å². The van der Waals surface area contributed by atoms with E-state index in [2.05, 4.69) is 9.82 Å². The highest BCUT2D eigenvalue weighted by Gasteiger charge is 2.16. The lowest BCUT2D eigenvalue weighted by Gasteiger charge is -2.09. The molecule has 0 aliphatic carbocycles. The summed E-state index contributed by atoms with van der Waals surface area (Å²) in [6.45, 7) is 3.37. The van der Waals surface area contributed by atoms with Crippen molar-refractivity contribution in [3.8, 4) is 0 Å². The van der Waals surface area contributed by atoms with Crippen molar-refractivity contribution in [1.82, 2.24) is 19.1 Å². The summed E-state index contributed by atoms with van der Waals surface area (Å²) in [7, 11) is -3.16. The molecule has 1 aromatic heterocycles. The van der Waals surface area contributed by atoms with Gasteiger partial charge in [-0.05, 0) is 25.7 Å². The third kappa shape index (κ3) is 3.69. The Morgan fingerprint density at radius 1 is 1.35 bits per heavy atom. The number of aromatic nitrogens is 3. The van der Waals surface area contributed by atoms with E-state index in [0.717, 1.165) is 31.6 Å². The Morgan fingerprint density at radius 3 is 2.85 bits per heavy atom. The van der Waals surface area contributed by atoms with E-state index in [4.69, 9.17) is 0 Å². The molecule has 7 nitrogen and oxygen atoms in total. The quantitative estimate of drug-likeness (QED) is 0.724. The molecule has 1 aliphatic heterocycles. The van der Waals surface area contributed by atoms with Gasteiger partial charge in [0.15, 0.2) is 0 Å². The predicted molar refractivity (Wildman–Crippen MR) is 76.1 cm³/mol. The van der Waals surface area contributed by atoms with E-state index < -0.39 is 10.0 Å². The van der Waals surface area contributed by atoms with E-state index >= 15 is 0 Å². The summed E-state index contributed by atoms with van der Waals surface area (Å²) in [6.07, 6.45) is 4.12. The molecule has 114 valence electrons. The molecule has 0 spiro atoms. The van der Waals surface area contributed by atoms with Gasteiger partial charge in [0.1, 0.15) is 5.82 Å². The maximum Gasteiger partial charge on any atom is 0.345 e. The van der Waals surface area contributed by atoms with Crippen LogP contribution >= 0.6 is 0 Å². The van der Waals surface area contributed by atoms with Gasteiger partial charge in [0.25, 0.3) is 0 Å². The summed E-state index contributed by atoms with van der Waals surface area (Å²) in [5.74, 6) is 0.999. The molecule has 0 saturated heterocycles. The van der Waals surface area contributed by atoms with Gasteiger partial charge >= 0.3 is 5.69 Å². The Kier molecular flexibility index (Phi) is 4.98. The van der Waals surface area contributed by atoms with Gasteiger partial charge in [0.2, 0.25) is 10.0 Å². The number of hydrogen-bond acceptors (Lipinski definition) is 4. The van der Waals surface area contributed by atoms with Gasteiger partial charge in [0.05, 0.1) is 5.75 Å². The number of nitrogens with zero attached hydrogens (tertiary/aromatic N) is 3. The summed E-state index contributed by atoms with van der Waals surface area (Å²) in [5.41, 5.74) is -0.0730. The van der Waals surface area contributed by atoms with Crippen molar-refractivity contribution in [2.45, 2.75) is 52.1 Å². The number of rotatable bonds is 7. The zero-order valence-electron chi connectivity index (χ0n) is 11.8. The third-order valence-corrected chi connectivity index (χ3v) is 4.96. The van der Waals surface area contributed by atoms with Gasteiger partial charge < -0.3 is 0 Å². The highest BCUT2D eigenvalue weighted by Crippen LogP contribution is 2.09. The van der Waals surface area contributed by atoms with E-state index in [1.54, 1.807) is 4.57 Å². The average Bonchev–Trinajstić information content (AvgIpc) is 2.72. The van der Waals surface area contributed by atoms with Crippen molar-refractivity contribution >= 4 is 10.0 Å². The van der Waals surface area contributed by atoms with Crippen molar-refractivity contribution < 1.29 is 8.42 Å². The molecular weight excluding hydrogens is 280 g/mol. The van der Waals surface area contributed by atoms with Crippen molar-refractivity contribution in [2.75, 3.05) is 12.3 Å². The van der Waals surface area contributed by atoms with Crippen molar-refractivity contribution in [1.29, 1.82) is 0 Å². The van der Waals surface area contributed by atoms with Crippen LogP contribution in [0.1, 0.15) is 38.4 Å². The van der Waals surface area contributed by atoms with E-state index in [1.807, 2.05) is 6.92 Å². The normalized spacial score (nSPS) is 15.2. The molecule has 1 aliphatic rings. The van der Waals surface area contributed by atoms with E-state index in [0.29, 0.717) is 25.9 Å². The van der Waals surface area contributed by atoms with Gasteiger partial charge in [-0.3, -0.25) is 4.57 Å². The van der Waals surface area contributed by atoms with Crippen LogP contribution in [-0.2, 0) is 29.5 Å². The van der Waals surface area contributed by atoms with Crippen LogP contribution in [-0.4, -0.2) is 35.1 Å². The van der Waals surface area contributed by atoms with Crippen LogP contribution in [0.3, 0.4) is 0 Å². The molecule has 0 saturated carbocycles. The summed E-state index contributed by atoms with van der Waals surface area (Å²) in [5, 5.41) is 4.31. The molecule has 1 aromatic rings. The van der Waals surface area contributed by atoms with Crippen molar-refractivity contribution in [3.05, 3.63) is 16.3 Å². The molecule has 0 amide bonds. The fraction of sp³-hybridized carbons (Fsp3) is 0.833. The first-order chi connectivity index (χ1) is 9.53. The van der Waals surface area contributed by atoms with Crippen LogP contribution in [0, 0.1) is 0 Å². The van der Waals surface area contributed by atoms with Gasteiger partial charge in [-0.15, -0.1) is 0 Å². The largest absolute Gasteiger partial charge is 0.345 e. The second-order valence-corrected chi connectivity index (χ2v) is 7.02. The van der Waals surface area contributed by atoms with Crippen molar-refractivity contribution in [3.63, 3.8) is 0 Å². The maximum atomic E-state index is 12.0. The molecule has 8 heteroatoms. The lowest BCUT2D eigenvalue weighted by molar-refractivity contribution is 0.508. The minimum Gasteiger partial charge on any atom is -0.279 e. The Labute approximate surface area is 119 Å². The second-order valence-electron chi connectivity index (χ2n) is 5.10. The standard InChI is InChI=1S/C12H22N4O3S/c1-2-10-20(18,19)13-7-5-9-16-12(17)15-8-4-3-6-11(15)14-16/h13H,2-10H2,1H3. The number of nitrogens with one attached hydrogen (secondary N) is 1. The summed E-state index contributed by atoms with van der Waals surface area (Å²) in [6, 6.07) is 0. The second kappa shape index (κ2) is 6.53. The van der Waals surface area contributed by atoms with E-state index in [-0.39, 0.29) is 11.4 Å². The van der Waals surface area contributed by atoms with Gasteiger partial charge in [0, 0.05) is 26.1 Å². The fourth-order valence-electron chi connectivity index (χ4n) is 2.39. The zero-order chi connectivity index (χ0) is 14.6. The monoisotopic (exact) mass is 302 g/mol. The van der Waals surface area contributed by atoms with Crippen LogP contribution in [0.2, 0.25) is 0 Å². The topological polar surface area (TPSA) is 86.0 Å². The first kappa shape index (κ1) is 15.2. The highest BCUT2D eigenvalue weighted by molar-refractivity contribution is 7.89. The Morgan fingerprint density at radius 2 is 2.15 bits per heavy atom. The molecule has 20 heavy (non-hydrogen) atoms. The summed E-state index contributed by atoms with van der Waals surface area (Å²) in [4.78, 5) is 12.0. The maximum absolute atomic E-state index is 12.0. The number of aryl methyl sites for hydroxylation is 2. The summed E-state index contributed by atoms with van der Waals surface area (Å²) < 4.78 is 28.7. The van der Waals surface area contributed by atoms with Crippen LogP contribution in [0.15, 0.2) is 4.79 Å². The Hall–Kier alpha value is -1.15. The van der Waals surface area contributed by atoms with E-state index in [1.165, 1.54) is 4.68 Å². The number of hydrogen-bond donors (Lipinski definition) is 1. The van der Waals surface area contributed by atoms with Gasteiger partial charge in [-0.1, -0.05) is 6.92 Å². The average molecular weight is 302 g/mol. The minimum atomic E-state index is -3.16. The van der Waals surface area contributed by atoms with Gasteiger partial charge in [-0.2, -0.15) is 5.10 Å². The molecule has 0 atom stereocenters. The van der Waals surface area contributed by atoms with Gasteiger partial charge in [-0.25, -0.2) is 22.6 Å². The molecule has 1 N–H and O–H groups in total. The lowest BCUT2D eigenvalue weighted by Crippen LogP contribution is -2.30. The Balaban J connectivity index is 1.86. The van der Waals surface area contributed by atoms with E-state index in [9.17, 15) is 13.2 Å². The SMILES string of the molecule is CCCS(=O)(=O)NCCCn1nc2n(c1=O)CCCC2. The van der Waals surface area contributed by atoms with Crippen LogP contribution < -0.4 is 10.4 Å². The number of sulfonamides is 1. The molecule has 0 aromatic carbocycles. The van der Waals surface area contributed by atoms with Crippen LogP contribution in [0.4, 0.5) is 0 Å². The third-order valence-electron chi connectivity index (χ3n) is 3.37. The highest BCUT2D eigenvalue weighted by atomic mass is 32.2. The molecule has 0 bridgehead atoms. The molecule has 0 radical (unpaired) electrons. The molecule has 2 rings (SSSR count).